The maximum absolute atomic E-state index is 13.3. The maximum atomic E-state index is 13.3. The van der Waals surface area contributed by atoms with E-state index in [1.807, 2.05) is 0 Å². The number of hydrogen-bond acceptors (Lipinski definition) is 18. The Bertz CT molecular complexity index is 1630. The van der Waals surface area contributed by atoms with Crippen LogP contribution in [0.4, 0.5) is 0 Å². The van der Waals surface area contributed by atoms with Crippen molar-refractivity contribution in [1.82, 2.24) is 0 Å². The van der Waals surface area contributed by atoms with Crippen LogP contribution in [0.5, 0.6) is 0 Å². The predicted molar refractivity (Wildman–Crippen MR) is 220 cm³/mol. The van der Waals surface area contributed by atoms with Crippen LogP contribution < -0.4 is 0 Å². The van der Waals surface area contributed by atoms with Crippen LogP contribution in [0, 0.1) is 0 Å². The molecule has 0 aromatic heterocycles. The van der Waals surface area contributed by atoms with Crippen molar-refractivity contribution in [2.45, 2.75) is 208 Å². The van der Waals surface area contributed by atoms with Crippen molar-refractivity contribution >= 4 is 56.5 Å². The molecule has 4 aliphatic rings. The highest BCUT2D eigenvalue weighted by Gasteiger charge is 2.41. The SMILES string of the molecule is CC(OC(O[PH](=O)CCCCC[PH](=O)OC(OC(C)S(=O)(=O)OC1CCCCC1)S(=O)(=O)OC1CCCCC1)S(=O)(=O)OC1CCCCC1)S(=O)(=O)OC1CCCCC1. The summed E-state index contributed by atoms with van der Waals surface area (Å²) < 4.78 is 174. The Labute approximate surface area is 353 Å². The fourth-order valence-corrected chi connectivity index (χ4v) is 14.9. The Balaban J connectivity index is 1.31. The molecule has 4 aliphatic carbocycles. The van der Waals surface area contributed by atoms with E-state index in [4.69, 9.17) is 35.3 Å². The molecule has 0 radical (unpaired) electrons. The molecule has 24 heteroatoms. The van der Waals surface area contributed by atoms with Crippen molar-refractivity contribution in [1.29, 1.82) is 0 Å². The Morgan fingerprint density at radius 3 is 0.932 bits per heavy atom. The van der Waals surface area contributed by atoms with E-state index < -0.39 is 103 Å². The second kappa shape index (κ2) is 24.9. The number of rotatable bonds is 26. The Kier molecular flexibility index (Phi) is 21.7. The highest BCUT2D eigenvalue weighted by atomic mass is 32.2. The minimum atomic E-state index is -4.72. The van der Waals surface area contributed by atoms with Gasteiger partial charge in [-0.1, -0.05) is 83.5 Å². The first-order valence-electron chi connectivity index (χ1n) is 21.2. The summed E-state index contributed by atoms with van der Waals surface area (Å²) in [5, 5.41) is 0. The van der Waals surface area contributed by atoms with E-state index in [2.05, 4.69) is 0 Å². The second-order valence-electron chi connectivity index (χ2n) is 15.9. The van der Waals surface area contributed by atoms with Crippen molar-refractivity contribution in [3.05, 3.63) is 0 Å². The lowest BCUT2D eigenvalue weighted by Gasteiger charge is -2.27. The van der Waals surface area contributed by atoms with Crippen LogP contribution in [0.3, 0.4) is 0 Å². The molecule has 0 aliphatic heterocycles. The van der Waals surface area contributed by atoms with E-state index in [0.717, 1.165) is 90.9 Å². The summed E-state index contributed by atoms with van der Waals surface area (Å²) in [4.78, 5) is 0. The summed E-state index contributed by atoms with van der Waals surface area (Å²) in [5.74, 6) is 0. The van der Waals surface area contributed by atoms with Gasteiger partial charge in [-0.3, -0.25) is 34.9 Å². The molecule has 18 nitrogen and oxygen atoms in total. The van der Waals surface area contributed by atoms with Crippen LogP contribution in [-0.4, -0.2) is 92.5 Å². The molecular weight excluding hydrogens is 899 g/mol. The summed E-state index contributed by atoms with van der Waals surface area (Å²) in [6, 6.07) is 0. The van der Waals surface area contributed by atoms with Gasteiger partial charge in [0.25, 0.3) is 31.5 Å². The molecule has 0 amide bonds. The molecule has 0 spiro atoms. The van der Waals surface area contributed by atoms with Crippen molar-refractivity contribution in [2.75, 3.05) is 12.3 Å². The van der Waals surface area contributed by atoms with Crippen LogP contribution >= 0.6 is 16.1 Å². The quantitative estimate of drug-likeness (QED) is 0.0361. The summed E-state index contributed by atoms with van der Waals surface area (Å²) in [5.41, 5.74) is -8.20. The lowest BCUT2D eigenvalue weighted by atomic mass is 9.98. The molecule has 4 saturated carbocycles. The molecule has 4 fully saturated rings. The van der Waals surface area contributed by atoms with Crippen molar-refractivity contribution in [3.8, 4) is 0 Å². The van der Waals surface area contributed by atoms with Gasteiger partial charge in [0.05, 0.1) is 24.4 Å². The molecular formula is C35H66O18P2S4. The minimum Gasteiger partial charge on any atom is -0.316 e. The Morgan fingerprint density at radius 1 is 0.407 bits per heavy atom. The van der Waals surface area contributed by atoms with Gasteiger partial charge in [0.2, 0.25) is 0 Å². The fraction of sp³-hybridized carbons (Fsp3) is 1.00. The van der Waals surface area contributed by atoms with Crippen LogP contribution in [0.2, 0.25) is 0 Å². The topological polar surface area (TPSA) is 245 Å². The van der Waals surface area contributed by atoms with E-state index >= 15 is 0 Å². The zero-order chi connectivity index (χ0) is 43.1. The lowest BCUT2D eigenvalue weighted by molar-refractivity contribution is -0.0431. The minimum absolute atomic E-state index is 0.156. The van der Waals surface area contributed by atoms with Gasteiger partial charge in [-0.15, -0.1) is 0 Å². The van der Waals surface area contributed by atoms with Crippen LogP contribution in [-0.2, 0) is 84.9 Å². The summed E-state index contributed by atoms with van der Waals surface area (Å²) >= 11 is 0. The van der Waals surface area contributed by atoms with E-state index in [1.165, 1.54) is 0 Å². The molecule has 0 heterocycles. The highest BCUT2D eigenvalue weighted by molar-refractivity contribution is 7.88. The molecule has 4 rings (SSSR count). The monoisotopic (exact) mass is 964 g/mol. The van der Waals surface area contributed by atoms with Gasteiger partial charge in [0, 0.05) is 12.3 Å². The number of unbranched alkanes of at least 4 members (excludes halogenated alkanes) is 2. The van der Waals surface area contributed by atoms with Crippen molar-refractivity contribution in [3.63, 3.8) is 0 Å². The molecule has 6 atom stereocenters. The molecule has 0 aromatic rings. The average molecular weight is 965 g/mol. The Hall–Kier alpha value is -0.0600. The number of ether oxygens (including phenoxy) is 2. The molecule has 6 unspecified atom stereocenters. The van der Waals surface area contributed by atoms with Gasteiger partial charge >= 0.3 is 20.2 Å². The van der Waals surface area contributed by atoms with E-state index in [-0.39, 0.29) is 31.6 Å². The summed E-state index contributed by atoms with van der Waals surface area (Å²) in [6.45, 7) is 2.22. The molecule has 0 aromatic carbocycles. The Morgan fingerprint density at radius 2 is 0.661 bits per heavy atom. The summed E-state index contributed by atoms with van der Waals surface area (Å²) in [6.07, 6.45) is 11.8. The van der Waals surface area contributed by atoms with Gasteiger partial charge in [0.15, 0.2) is 26.9 Å². The van der Waals surface area contributed by atoms with Crippen LogP contribution in [0.15, 0.2) is 0 Å². The van der Waals surface area contributed by atoms with Crippen LogP contribution in [0.25, 0.3) is 0 Å². The smallest absolute Gasteiger partial charge is 0.316 e. The third-order valence-electron chi connectivity index (χ3n) is 10.9. The molecule has 0 bridgehead atoms. The first-order chi connectivity index (χ1) is 27.9. The highest BCUT2D eigenvalue weighted by Crippen LogP contribution is 2.36. The summed E-state index contributed by atoms with van der Waals surface area (Å²) in [7, 11) is -24.6. The zero-order valence-corrected chi connectivity index (χ0v) is 39.5. The normalized spacial score (nSPS) is 23.6. The molecule has 348 valence electrons. The zero-order valence-electron chi connectivity index (χ0n) is 34.3. The second-order valence-corrected chi connectivity index (χ2v) is 25.7. The third kappa shape index (κ3) is 18.2. The van der Waals surface area contributed by atoms with Crippen molar-refractivity contribution < 1.29 is 78.1 Å². The standard InChI is InChI=1S/C35H66O18P2S4/c1-28(56(38,39)50-30-18-8-3-9-19-30)46-34(58(42,43)52-32-22-12-5-13-23-32)48-54(36)26-16-7-17-27-55(37)49-35(59(44,45)53-33-24-14-6-15-25-33)47-29(2)57(40,41)51-31-20-10-4-11-21-31/h28-35,54-55H,3-27H2,1-2H3. The molecule has 0 N–H and O–H groups in total. The average Bonchev–Trinajstić information content (AvgIpc) is 3.18. The van der Waals surface area contributed by atoms with Gasteiger partial charge in [-0.2, -0.15) is 33.7 Å². The largest absolute Gasteiger partial charge is 0.322 e. The van der Waals surface area contributed by atoms with Crippen LogP contribution in [0.1, 0.15) is 162 Å². The van der Waals surface area contributed by atoms with Gasteiger partial charge < -0.3 is 9.47 Å². The maximum Gasteiger partial charge on any atom is 0.322 e. The molecule has 59 heavy (non-hydrogen) atoms. The van der Waals surface area contributed by atoms with E-state index in [0.29, 0.717) is 51.4 Å². The first kappa shape index (κ1) is 51.6. The lowest BCUT2D eigenvalue weighted by Crippen LogP contribution is -2.38. The van der Waals surface area contributed by atoms with E-state index in [1.54, 1.807) is 0 Å². The van der Waals surface area contributed by atoms with Gasteiger partial charge in [0.1, 0.15) is 0 Å². The van der Waals surface area contributed by atoms with Gasteiger partial charge in [-0.25, -0.2) is 0 Å². The third-order valence-corrected chi connectivity index (χ3v) is 19.1. The van der Waals surface area contributed by atoms with E-state index in [9.17, 15) is 42.8 Å². The first-order valence-corrected chi connectivity index (χ1v) is 30.2. The fourth-order valence-electron chi connectivity index (χ4n) is 7.46. The van der Waals surface area contributed by atoms with Gasteiger partial charge in [-0.05, 0) is 78.1 Å². The molecule has 0 saturated heterocycles. The van der Waals surface area contributed by atoms with Crippen molar-refractivity contribution in [2.24, 2.45) is 0 Å². The predicted octanol–water partition coefficient (Wildman–Crippen LogP) is 7.15. The number of hydrogen-bond donors (Lipinski definition) is 0.